The first-order valence-corrected chi connectivity index (χ1v) is 6.81. The summed E-state index contributed by atoms with van der Waals surface area (Å²) < 4.78 is 5.72. The van der Waals surface area contributed by atoms with Gasteiger partial charge >= 0.3 is 0 Å². The van der Waals surface area contributed by atoms with Gasteiger partial charge in [-0.25, -0.2) is 0 Å². The summed E-state index contributed by atoms with van der Waals surface area (Å²) in [7, 11) is 0. The number of unbranched alkanes of at least 4 members (excludes halogenated alkanes) is 1. The molecule has 0 aromatic heterocycles. The Hall–Kier alpha value is -0.120. The van der Waals surface area contributed by atoms with E-state index in [2.05, 4.69) is 31.0 Å². The van der Waals surface area contributed by atoms with Gasteiger partial charge in [-0.05, 0) is 52.7 Å². The van der Waals surface area contributed by atoms with Gasteiger partial charge in [0.1, 0.15) is 0 Å². The normalized spacial score (nSPS) is 27.2. The quantitative estimate of drug-likeness (QED) is 0.673. The summed E-state index contributed by atoms with van der Waals surface area (Å²) >= 11 is 0. The van der Waals surface area contributed by atoms with Crippen LogP contribution in [0.15, 0.2) is 0 Å². The van der Waals surface area contributed by atoms with E-state index < -0.39 is 0 Å². The Morgan fingerprint density at radius 3 is 2.44 bits per heavy atom. The van der Waals surface area contributed by atoms with Gasteiger partial charge in [-0.15, -0.1) is 0 Å². The fourth-order valence-electron chi connectivity index (χ4n) is 2.35. The molecule has 1 N–H and O–H groups in total. The maximum atomic E-state index is 5.72. The highest BCUT2D eigenvalue weighted by atomic mass is 16.5. The van der Waals surface area contributed by atoms with Crippen LogP contribution in [0, 0.1) is 0 Å². The van der Waals surface area contributed by atoms with Gasteiger partial charge in [-0.2, -0.15) is 0 Å². The SMILES string of the molecule is CCCNCCCCN1CC(C)OC(C)C1. The Bertz CT molecular complexity index is 165. The zero-order chi connectivity index (χ0) is 11.8. The minimum Gasteiger partial charge on any atom is -0.373 e. The average Bonchev–Trinajstić information content (AvgIpc) is 2.22. The summed E-state index contributed by atoms with van der Waals surface area (Å²) in [5.41, 5.74) is 0. The largest absolute Gasteiger partial charge is 0.373 e. The molecule has 16 heavy (non-hydrogen) atoms. The van der Waals surface area contributed by atoms with Gasteiger partial charge in [0.25, 0.3) is 0 Å². The number of nitrogens with one attached hydrogen (secondary N) is 1. The molecule has 1 fully saturated rings. The van der Waals surface area contributed by atoms with Crippen LogP contribution in [-0.2, 0) is 4.74 Å². The van der Waals surface area contributed by atoms with Crippen molar-refractivity contribution in [1.82, 2.24) is 10.2 Å². The Kier molecular flexibility index (Phi) is 7.01. The lowest BCUT2D eigenvalue weighted by Gasteiger charge is -2.35. The summed E-state index contributed by atoms with van der Waals surface area (Å²) in [6.07, 6.45) is 4.64. The van der Waals surface area contributed by atoms with Crippen molar-refractivity contribution in [3.63, 3.8) is 0 Å². The third-order valence-electron chi connectivity index (χ3n) is 3.00. The maximum Gasteiger partial charge on any atom is 0.0678 e. The van der Waals surface area contributed by atoms with Gasteiger partial charge in [0.15, 0.2) is 0 Å². The van der Waals surface area contributed by atoms with Crippen LogP contribution in [0.1, 0.15) is 40.0 Å². The van der Waals surface area contributed by atoms with Crippen LogP contribution >= 0.6 is 0 Å². The summed E-state index contributed by atoms with van der Waals surface area (Å²) in [4.78, 5) is 2.54. The maximum absolute atomic E-state index is 5.72. The highest BCUT2D eigenvalue weighted by molar-refractivity contribution is 4.72. The summed E-state index contributed by atoms with van der Waals surface area (Å²) in [6, 6.07) is 0. The lowest BCUT2D eigenvalue weighted by atomic mass is 10.2. The molecule has 0 saturated carbocycles. The molecule has 0 spiro atoms. The summed E-state index contributed by atoms with van der Waals surface area (Å²) in [5.74, 6) is 0. The standard InChI is InChI=1S/C13H28N2O/c1-4-7-14-8-5-6-9-15-10-12(2)16-13(3)11-15/h12-14H,4-11H2,1-3H3. The van der Waals surface area contributed by atoms with Crippen molar-refractivity contribution >= 4 is 0 Å². The van der Waals surface area contributed by atoms with Gasteiger partial charge < -0.3 is 10.1 Å². The van der Waals surface area contributed by atoms with E-state index in [1.54, 1.807) is 0 Å². The number of hydrogen-bond donors (Lipinski definition) is 1. The molecule has 0 radical (unpaired) electrons. The highest BCUT2D eigenvalue weighted by Gasteiger charge is 2.21. The third kappa shape index (κ3) is 5.83. The highest BCUT2D eigenvalue weighted by Crippen LogP contribution is 2.10. The van der Waals surface area contributed by atoms with E-state index in [0.29, 0.717) is 12.2 Å². The van der Waals surface area contributed by atoms with Crippen molar-refractivity contribution in [2.75, 3.05) is 32.7 Å². The second kappa shape index (κ2) is 8.04. The van der Waals surface area contributed by atoms with Crippen molar-refractivity contribution in [1.29, 1.82) is 0 Å². The second-order valence-electron chi connectivity index (χ2n) is 4.97. The van der Waals surface area contributed by atoms with Crippen molar-refractivity contribution in [3.8, 4) is 0 Å². The van der Waals surface area contributed by atoms with Gasteiger partial charge in [0.05, 0.1) is 12.2 Å². The molecule has 1 saturated heterocycles. The monoisotopic (exact) mass is 228 g/mol. The molecule has 0 aromatic carbocycles. The molecule has 1 rings (SSSR count). The number of nitrogens with zero attached hydrogens (tertiary/aromatic N) is 1. The van der Waals surface area contributed by atoms with E-state index >= 15 is 0 Å². The van der Waals surface area contributed by atoms with Crippen molar-refractivity contribution in [3.05, 3.63) is 0 Å². The summed E-state index contributed by atoms with van der Waals surface area (Å²) in [6.45, 7) is 12.3. The van der Waals surface area contributed by atoms with Crippen molar-refractivity contribution in [2.45, 2.75) is 52.2 Å². The molecule has 2 atom stereocenters. The lowest BCUT2D eigenvalue weighted by molar-refractivity contribution is -0.0681. The summed E-state index contributed by atoms with van der Waals surface area (Å²) in [5, 5.41) is 3.45. The first-order valence-electron chi connectivity index (χ1n) is 6.81. The first-order chi connectivity index (χ1) is 7.72. The zero-order valence-corrected chi connectivity index (χ0v) is 11.2. The van der Waals surface area contributed by atoms with Crippen molar-refractivity contribution in [2.24, 2.45) is 0 Å². The van der Waals surface area contributed by atoms with E-state index in [-0.39, 0.29) is 0 Å². The molecular weight excluding hydrogens is 200 g/mol. The van der Waals surface area contributed by atoms with Crippen LogP contribution in [0.2, 0.25) is 0 Å². The van der Waals surface area contributed by atoms with Crippen LogP contribution in [0.4, 0.5) is 0 Å². The number of hydrogen-bond acceptors (Lipinski definition) is 3. The minimum atomic E-state index is 0.405. The molecule has 3 heteroatoms. The molecule has 3 nitrogen and oxygen atoms in total. The van der Waals surface area contributed by atoms with Crippen LogP contribution < -0.4 is 5.32 Å². The van der Waals surface area contributed by atoms with Gasteiger partial charge in [0.2, 0.25) is 0 Å². The molecule has 1 aliphatic heterocycles. The van der Waals surface area contributed by atoms with E-state index in [4.69, 9.17) is 4.74 Å². The Balaban J connectivity index is 1.99. The molecule has 96 valence electrons. The third-order valence-corrected chi connectivity index (χ3v) is 3.00. The Labute approximate surface area is 101 Å². The molecule has 0 aromatic rings. The van der Waals surface area contributed by atoms with Crippen LogP contribution in [-0.4, -0.2) is 49.8 Å². The molecule has 1 aliphatic rings. The van der Waals surface area contributed by atoms with Crippen LogP contribution in [0.25, 0.3) is 0 Å². The zero-order valence-electron chi connectivity index (χ0n) is 11.2. The number of rotatable bonds is 7. The van der Waals surface area contributed by atoms with E-state index in [9.17, 15) is 0 Å². The Morgan fingerprint density at radius 1 is 1.12 bits per heavy atom. The number of morpholine rings is 1. The van der Waals surface area contributed by atoms with E-state index in [1.165, 1.54) is 32.4 Å². The van der Waals surface area contributed by atoms with Gasteiger partial charge in [-0.1, -0.05) is 6.92 Å². The molecule has 2 unspecified atom stereocenters. The predicted octanol–water partition coefficient (Wildman–Crippen LogP) is 1.88. The van der Waals surface area contributed by atoms with Gasteiger partial charge in [0, 0.05) is 13.1 Å². The lowest BCUT2D eigenvalue weighted by Crippen LogP contribution is -2.45. The molecule has 1 heterocycles. The van der Waals surface area contributed by atoms with E-state index in [0.717, 1.165) is 19.6 Å². The predicted molar refractivity (Wildman–Crippen MR) is 68.8 cm³/mol. The molecule has 0 aliphatic carbocycles. The molecule has 0 bridgehead atoms. The number of ether oxygens (including phenoxy) is 1. The Morgan fingerprint density at radius 2 is 1.81 bits per heavy atom. The fourth-order valence-corrected chi connectivity index (χ4v) is 2.35. The van der Waals surface area contributed by atoms with Gasteiger partial charge in [-0.3, -0.25) is 4.90 Å². The van der Waals surface area contributed by atoms with Crippen LogP contribution in [0.5, 0.6) is 0 Å². The topological polar surface area (TPSA) is 24.5 Å². The van der Waals surface area contributed by atoms with Crippen molar-refractivity contribution < 1.29 is 4.74 Å². The fraction of sp³-hybridized carbons (Fsp3) is 1.00. The first kappa shape index (κ1) is 13.9. The minimum absolute atomic E-state index is 0.405. The molecule has 0 amide bonds. The molecular formula is C13H28N2O. The smallest absolute Gasteiger partial charge is 0.0678 e. The second-order valence-corrected chi connectivity index (χ2v) is 4.97. The average molecular weight is 228 g/mol. The van der Waals surface area contributed by atoms with E-state index in [1.807, 2.05) is 0 Å². The van der Waals surface area contributed by atoms with Crippen LogP contribution in [0.3, 0.4) is 0 Å².